The van der Waals surface area contributed by atoms with Crippen molar-refractivity contribution in [3.63, 3.8) is 0 Å². The van der Waals surface area contributed by atoms with Gasteiger partial charge in [-0.05, 0) is 46.2 Å². The quantitative estimate of drug-likeness (QED) is 0.641. The highest BCUT2D eigenvalue weighted by Gasteiger charge is 2.39. The molecule has 0 saturated carbocycles. The van der Waals surface area contributed by atoms with E-state index in [0.29, 0.717) is 10.2 Å². The minimum absolute atomic E-state index is 0.0585. The van der Waals surface area contributed by atoms with Gasteiger partial charge in [0.05, 0.1) is 4.47 Å². The van der Waals surface area contributed by atoms with Gasteiger partial charge in [-0.25, -0.2) is 4.39 Å². The first-order valence-corrected chi connectivity index (χ1v) is 9.19. The van der Waals surface area contributed by atoms with Crippen molar-refractivity contribution < 1.29 is 8.82 Å². The molecule has 0 fully saturated rings. The van der Waals surface area contributed by atoms with Gasteiger partial charge in [0.15, 0.2) is 5.82 Å². The fourth-order valence-corrected chi connectivity index (χ4v) is 2.45. The lowest BCUT2D eigenvalue weighted by Crippen LogP contribution is -2.44. The normalized spacial score (nSPS) is 12.6. The monoisotopic (exact) mass is 319 g/mol. The van der Waals surface area contributed by atoms with Gasteiger partial charge in [0, 0.05) is 0 Å². The second-order valence-corrected chi connectivity index (χ2v) is 11.2. The third-order valence-corrected chi connectivity index (χ3v) is 8.22. The van der Waals surface area contributed by atoms with E-state index in [4.69, 9.17) is 10.2 Å². The average molecular weight is 320 g/mol. The molecule has 0 unspecified atom stereocenters. The molecule has 0 amide bonds. The molecule has 0 aliphatic carbocycles. The molecule has 2 nitrogen and oxygen atoms in total. The Labute approximate surface area is 112 Å². The maximum Gasteiger partial charge on any atom is 0.250 e. The lowest BCUT2D eigenvalue weighted by atomic mass is 10.2. The Balaban J connectivity index is 3.09. The van der Waals surface area contributed by atoms with Crippen molar-refractivity contribution >= 4 is 29.9 Å². The standard InChI is InChI=1S/C12H19BrFNOSi/c1-12(2,3)17(4,5)16-9-7-6-8(13)10(14)11(9)15/h6-7H,15H2,1-5H3. The smallest absolute Gasteiger partial charge is 0.250 e. The number of hydrogen-bond acceptors (Lipinski definition) is 2. The summed E-state index contributed by atoms with van der Waals surface area (Å²) in [6.45, 7) is 10.6. The molecule has 0 heterocycles. The van der Waals surface area contributed by atoms with Gasteiger partial charge in [-0.15, -0.1) is 0 Å². The number of benzene rings is 1. The first-order chi connectivity index (χ1) is 7.56. The van der Waals surface area contributed by atoms with Crippen LogP contribution in [0.15, 0.2) is 16.6 Å². The molecular formula is C12H19BrFNOSi. The van der Waals surface area contributed by atoms with Crippen LogP contribution in [0.25, 0.3) is 0 Å². The van der Waals surface area contributed by atoms with Crippen LogP contribution in [0.4, 0.5) is 10.1 Å². The highest BCUT2D eigenvalue weighted by atomic mass is 79.9. The lowest BCUT2D eigenvalue weighted by molar-refractivity contribution is 0.489. The van der Waals surface area contributed by atoms with Crippen molar-refractivity contribution in [2.45, 2.75) is 38.9 Å². The Kier molecular flexibility index (Phi) is 3.93. The maximum absolute atomic E-state index is 13.6. The highest BCUT2D eigenvalue weighted by Crippen LogP contribution is 2.40. The SMILES string of the molecule is CC(C)(C)[Si](C)(C)Oc1ccc(Br)c(F)c1N. The van der Waals surface area contributed by atoms with Crippen LogP contribution in [0.1, 0.15) is 20.8 Å². The fraction of sp³-hybridized carbons (Fsp3) is 0.500. The van der Waals surface area contributed by atoms with E-state index in [1.54, 1.807) is 12.1 Å². The van der Waals surface area contributed by atoms with Gasteiger partial charge in [0.25, 0.3) is 8.32 Å². The molecule has 96 valence electrons. The van der Waals surface area contributed by atoms with E-state index in [1.807, 2.05) is 0 Å². The minimum atomic E-state index is -1.98. The van der Waals surface area contributed by atoms with E-state index in [9.17, 15) is 4.39 Å². The van der Waals surface area contributed by atoms with Crippen LogP contribution in [0.2, 0.25) is 18.1 Å². The Morgan fingerprint density at radius 3 is 2.29 bits per heavy atom. The molecule has 0 bridgehead atoms. The molecule has 17 heavy (non-hydrogen) atoms. The van der Waals surface area contributed by atoms with Crippen LogP contribution < -0.4 is 10.2 Å². The predicted octanol–water partition coefficient (Wildman–Crippen LogP) is 4.55. The first kappa shape index (κ1) is 14.5. The van der Waals surface area contributed by atoms with Crippen LogP contribution in [0.3, 0.4) is 0 Å². The Morgan fingerprint density at radius 1 is 1.29 bits per heavy atom. The summed E-state index contributed by atoms with van der Waals surface area (Å²) in [5.41, 5.74) is 5.80. The van der Waals surface area contributed by atoms with Crippen molar-refractivity contribution in [2.75, 3.05) is 5.73 Å². The maximum atomic E-state index is 13.6. The fourth-order valence-electron chi connectivity index (χ4n) is 1.07. The summed E-state index contributed by atoms with van der Waals surface area (Å²) in [6.07, 6.45) is 0. The first-order valence-electron chi connectivity index (χ1n) is 5.49. The number of rotatable bonds is 2. The zero-order valence-corrected chi connectivity index (χ0v) is 13.5. The van der Waals surface area contributed by atoms with Gasteiger partial charge >= 0.3 is 0 Å². The van der Waals surface area contributed by atoms with E-state index in [0.717, 1.165) is 0 Å². The number of halogens is 2. The molecule has 0 atom stereocenters. The van der Waals surface area contributed by atoms with E-state index >= 15 is 0 Å². The van der Waals surface area contributed by atoms with Crippen LogP contribution in [-0.2, 0) is 0 Å². The molecule has 0 aliphatic heterocycles. The number of anilines is 1. The second kappa shape index (κ2) is 4.61. The minimum Gasteiger partial charge on any atom is -0.542 e. The topological polar surface area (TPSA) is 35.2 Å². The van der Waals surface area contributed by atoms with Crippen molar-refractivity contribution in [3.05, 3.63) is 22.4 Å². The zero-order valence-electron chi connectivity index (χ0n) is 10.9. The summed E-state index contributed by atoms with van der Waals surface area (Å²) >= 11 is 3.10. The van der Waals surface area contributed by atoms with Gasteiger partial charge in [-0.2, -0.15) is 0 Å². The van der Waals surface area contributed by atoms with Gasteiger partial charge < -0.3 is 10.2 Å². The highest BCUT2D eigenvalue weighted by molar-refractivity contribution is 9.10. The molecule has 0 radical (unpaired) electrons. The molecule has 0 aliphatic rings. The van der Waals surface area contributed by atoms with Crippen molar-refractivity contribution in [1.29, 1.82) is 0 Å². The summed E-state index contributed by atoms with van der Waals surface area (Å²) in [6, 6.07) is 3.33. The summed E-state index contributed by atoms with van der Waals surface area (Å²) in [5.74, 6) is -0.0153. The average Bonchev–Trinajstić information content (AvgIpc) is 2.17. The van der Waals surface area contributed by atoms with Crippen molar-refractivity contribution in [1.82, 2.24) is 0 Å². The van der Waals surface area contributed by atoms with Gasteiger partial charge in [0.1, 0.15) is 11.4 Å². The van der Waals surface area contributed by atoms with Gasteiger partial charge in [-0.1, -0.05) is 20.8 Å². The van der Waals surface area contributed by atoms with Crippen LogP contribution in [0.5, 0.6) is 5.75 Å². The van der Waals surface area contributed by atoms with E-state index in [-0.39, 0.29) is 10.7 Å². The summed E-state index contributed by atoms with van der Waals surface area (Å²) in [4.78, 5) is 0. The van der Waals surface area contributed by atoms with Gasteiger partial charge in [0.2, 0.25) is 0 Å². The molecule has 0 saturated heterocycles. The predicted molar refractivity (Wildman–Crippen MR) is 76.3 cm³/mol. The van der Waals surface area contributed by atoms with E-state index in [2.05, 4.69) is 49.8 Å². The Morgan fingerprint density at radius 2 is 1.82 bits per heavy atom. The molecule has 2 N–H and O–H groups in total. The third kappa shape index (κ3) is 3.01. The number of nitrogens with two attached hydrogens (primary N) is 1. The molecular weight excluding hydrogens is 301 g/mol. The molecule has 0 spiro atoms. The van der Waals surface area contributed by atoms with Crippen LogP contribution in [0, 0.1) is 5.82 Å². The second-order valence-electron chi connectivity index (χ2n) is 5.64. The molecule has 1 aromatic carbocycles. The Bertz CT molecular complexity index is 429. The van der Waals surface area contributed by atoms with Crippen molar-refractivity contribution in [2.24, 2.45) is 0 Å². The summed E-state index contributed by atoms with van der Waals surface area (Å²) in [5, 5.41) is 0.0585. The third-order valence-electron chi connectivity index (χ3n) is 3.26. The molecule has 1 aromatic rings. The summed E-state index contributed by atoms with van der Waals surface area (Å²) in [7, 11) is -1.98. The Hall–Kier alpha value is -0.553. The number of nitrogen functional groups attached to an aromatic ring is 1. The van der Waals surface area contributed by atoms with E-state index < -0.39 is 14.1 Å². The summed E-state index contributed by atoms with van der Waals surface area (Å²) < 4.78 is 20.0. The zero-order chi connectivity index (χ0) is 13.4. The van der Waals surface area contributed by atoms with Crippen LogP contribution in [-0.4, -0.2) is 8.32 Å². The lowest BCUT2D eigenvalue weighted by Gasteiger charge is -2.36. The van der Waals surface area contributed by atoms with Crippen molar-refractivity contribution in [3.8, 4) is 5.75 Å². The largest absolute Gasteiger partial charge is 0.542 e. The van der Waals surface area contributed by atoms with Crippen LogP contribution >= 0.6 is 15.9 Å². The molecule has 0 aromatic heterocycles. The van der Waals surface area contributed by atoms with Gasteiger partial charge in [-0.3, -0.25) is 0 Å². The molecule has 5 heteroatoms. The molecule has 1 rings (SSSR count). The number of hydrogen-bond donors (Lipinski definition) is 1. The van der Waals surface area contributed by atoms with E-state index in [1.165, 1.54) is 0 Å².